The highest BCUT2D eigenvalue weighted by Crippen LogP contribution is 2.39. The molecule has 0 aromatic carbocycles. The lowest BCUT2D eigenvalue weighted by Crippen LogP contribution is -2.46. The first-order chi connectivity index (χ1) is 14.5. The maximum atomic E-state index is 12.2. The van der Waals surface area contributed by atoms with Gasteiger partial charge in [-0.1, -0.05) is 0 Å². The minimum atomic E-state index is -0.690. The first-order valence-corrected chi connectivity index (χ1v) is 10.6. The molecule has 0 aliphatic heterocycles. The highest BCUT2D eigenvalue weighted by atomic mass is 16.6. The summed E-state index contributed by atoms with van der Waals surface area (Å²) in [6.45, 7) is 5.41. The first-order valence-electron chi connectivity index (χ1n) is 10.6. The van der Waals surface area contributed by atoms with Gasteiger partial charge in [-0.25, -0.2) is 4.79 Å². The summed E-state index contributed by atoms with van der Waals surface area (Å²) in [5, 5.41) is 19.5. The third-order valence-electron chi connectivity index (χ3n) is 5.70. The summed E-state index contributed by atoms with van der Waals surface area (Å²) in [5.74, 6) is -0.777. The van der Waals surface area contributed by atoms with Gasteiger partial charge in [-0.05, 0) is 59.3 Å². The molecule has 1 aromatic rings. The van der Waals surface area contributed by atoms with Crippen molar-refractivity contribution >= 4 is 23.7 Å². The average molecular weight is 431 g/mol. The summed E-state index contributed by atoms with van der Waals surface area (Å²) < 4.78 is 6.92. The van der Waals surface area contributed by atoms with Crippen LogP contribution in [0, 0.1) is 17.2 Å². The fourth-order valence-corrected chi connectivity index (χ4v) is 3.86. The molecule has 0 radical (unpaired) electrons. The van der Waals surface area contributed by atoms with Crippen LogP contribution in [0.2, 0.25) is 0 Å². The summed E-state index contributed by atoms with van der Waals surface area (Å²) in [6, 6.07) is 2.13. The molecular formula is C21H30N6O4. The molecule has 2 aliphatic carbocycles. The number of hydrogen-bond acceptors (Lipinski definition) is 6. The van der Waals surface area contributed by atoms with E-state index >= 15 is 0 Å². The Hall–Kier alpha value is -3.09. The normalized spacial score (nSPS) is 23.5. The van der Waals surface area contributed by atoms with Gasteiger partial charge in [-0.15, -0.1) is 0 Å². The Kier molecular flexibility index (Phi) is 6.25. The van der Waals surface area contributed by atoms with Gasteiger partial charge in [-0.3, -0.25) is 14.3 Å². The summed E-state index contributed by atoms with van der Waals surface area (Å²) in [5.41, 5.74) is 4.40. The largest absolute Gasteiger partial charge is 0.444 e. The number of anilines is 1. The number of hydrogen-bond donors (Lipinski definition) is 3. The van der Waals surface area contributed by atoms with Gasteiger partial charge in [-0.2, -0.15) is 10.4 Å². The van der Waals surface area contributed by atoms with Crippen molar-refractivity contribution in [2.45, 2.75) is 82.9 Å². The predicted molar refractivity (Wildman–Crippen MR) is 112 cm³/mol. The molecule has 0 unspecified atom stereocenters. The zero-order valence-corrected chi connectivity index (χ0v) is 18.2. The van der Waals surface area contributed by atoms with Crippen LogP contribution in [-0.4, -0.2) is 39.3 Å². The monoisotopic (exact) mass is 430 g/mol. The van der Waals surface area contributed by atoms with Crippen LogP contribution in [0.25, 0.3) is 0 Å². The number of alkyl carbamates (subject to hydrolysis) is 1. The second kappa shape index (κ2) is 8.57. The molecular weight excluding hydrogens is 400 g/mol. The van der Waals surface area contributed by atoms with Gasteiger partial charge in [0.15, 0.2) is 5.82 Å². The van der Waals surface area contributed by atoms with Crippen LogP contribution in [0.15, 0.2) is 6.20 Å². The number of primary amides is 1. The predicted octanol–water partition coefficient (Wildman–Crippen LogP) is 2.41. The summed E-state index contributed by atoms with van der Waals surface area (Å²) in [6.07, 6.45) is 5.25. The van der Waals surface area contributed by atoms with Crippen LogP contribution < -0.4 is 16.4 Å². The Balaban J connectivity index is 1.74. The van der Waals surface area contributed by atoms with Gasteiger partial charge in [0.1, 0.15) is 11.2 Å². The number of nitrogens with zero attached hydrogens (tertiary/aromatic N) is 3. The van der Waals surface area contributed by atoms with Gasteiger partial charge in [0.05, 0.1) is 18.0 Å². The van der Waals surface area contributed by atoms with E-state index < -0.39 is 23.1 Å². The number of ether oxygens (including phenoxy) is 1. The Morgan fingerprint density at radius 3 is 2.45 bits per heavy atom. The van der Waals surface area contributed by atoms with Crippen LogP contribution in [0.5, 0.6) is 0 Å². The van der Waals surface area contributed by atoms with Gasteiger partial charge in [0.25, 0.3) is 5.91 Å². The smallest absolute Gasteiger partial charge is 0.407 e. The number of nitriles is 1. The number of nitrogens with two attached hydrogens (primary N) is 1. The summed E-state index contributed by atoms with van der Waals surface area (Å²) in [4.78, 5) is 36.2. The average Bonchev–Trinajstić information content (AvgIpc) is 3.42. The zero-order valence-electron chi connectivity index (χ0n) is 18.2. The third kappa shape index (κ3) is 5.54. The second-order valence-electron chi connectivity index (χ2n) is 9.44. The van der Waals surface area contributed by atoms with E-state index in [4.69, 9.17) is 10.5 Å². The maximum absolute atomic E-state index is 12.2. The molecule has 0 spiro atoms. The number of nitrogens with one attached hydrogen (secondary N) is 2. The van der Waals surface area contributed by atoms with E-state index in [0.29, 0.717) is 25.7 Å². The van der Waals surface area contributed by atoms with Crippen molar-refractivity contribution in [2.75, 3.05) is 5.32 Å². The molecule has 1 aromatic heterocycles. The van der Waals surface area contributed by atoms with Crippen LogP contribution in [0.3, 0.4) is 0 Å². The number of rotatable bonds is 6. The first kappa shape index (κ1) is 22.6. The Bertz CT molecular complexity index is 898. The van der Waals surface area contributed by atoms with Crippen molar-refractivity contribution in [1.29, 1.82) is 5.26 Å². The number of carbonyl (C=O) groups excluding carboxylic acids is 3. The molecule has 2 aliphatic rings. The van der Waals surface area contributed by atoms with Crippen molar-refractivity contribution < 1.29 is 19.1 Å². The molecule has 0 bridgehead atoms. The SMILES string of the molecule is CC(C)(C)OC(=O)NC1CCC(CC#N)(n2cc(C(N)=O)c(NC(=O)C3CC3)n2)CC1. The maximum Gasteiger partial charge on any atom is 0.407 e. The van der Waals surface area contributed by atoms with Crippen molar-refractivity contribution in [3.05, 3.63) is 11.8 Å². The molecule has 10 nitrogen and oxygen atoms in total. The van der Waals surface area contributed by atoms with Crippen molar-refractivity contribution in [3.63, 3.8) is 0 Å². The Morgan fingerprint density at radius 1 is 1.29 bits per heavy atom. The highest BCUT2D eigenvalue weighted by molar-refractivity contribution is 6.02. The van der Waals surface area contributed by atoms with Crippen molar-refractivity contribution in [3.8, 4) is 6.07 Å². The van der Waals surface area contributed by atoms with E-state index in [2.05, 4.69) is 21.8 Å². The van der Waals surface area contributed by atoms with E-state index in [1.807, 2.05) is 0 Å². The van der Waals surface area contributed by atoms with Crippen LogP contribution >= 0.6 is 0 Å². The lowest BCUT2D eigenvalue weighted by Gasteiger charge is -2.39. The number of carbonyl (C=O) groups is 3. The Labute approximate surface area is 181 Å². The fraction of sp³-hybridized carbons (Fsp3) is 0.667. The molecule has 3 amide bonds. The molecule has 2 saturated carbocycles. The van der Waals surface area contributed by atoms with Gasteiger partial charge >= 0.3 is 6.09 Å². The van der Waals surface area contributed by atoms with Crippen molar-refractivity contribution in [1.82, 2.24) is 15.1 Å². The minimum Gasteiger partial charge on any atom is -0.444 e. The quantitative estimate of drug-likeness (QED) is 0.630. The molecule has 2 fully saturated rings. The highest BCUT2D eigenvalue weighted by Gasteiger charge is 2.40. The van der Waals surface area contributed by atoms with Crippen LogP contribution in [-0.2, 0) is 15.1 Å². The van der Waals surface area contributed by atoms with E-state index in [1.165, 1.54) is 6.20 Å². The van der Waals surface area contributed by atoms with Crippen LogP contribution in [0.4, 0.5) is 10.6 Å². The van der Waals surface area contributed by atoms with E-state index in [1.54, 1.807) is 25.5 Å². The lowest BCUT2D eigenvalue weighted by atomic mass is 9.77. The number of amides is 3. The van der Waals surface area contributed by atoms with E-state index in [9.17, 15) is 19.6 Å². The van der Waals surface area contributed by atoms with Gasteiger partial charge in [0, 0.05) is 18.2 Å². The van der Waals surface area contributed by atoms with Crippen molar-refractivity contribution in [2.24, 2.45) is 11.7 Å². The molecule has 31 heavy (non-hydrogen) atoms. The molecule has 168 valence electrons. The van der Waals surface area contributed by atoms with E-state index in [-0.39, 0.29) is 35.7 Å². The van der Waals surface area contributed by atoms with Gasteiger partial charge < -0.3 is 21.1 Å². The minimum absolute atomic E-state index is 0.0479. The molecule has 4 N–H and O–H groups in total. The standard InChI is InChI=1S/C21H30N6O4/c1-20(2,3)31-19(30)24-14-6-8-21(9-7-14,10-11-22)27-12-15(16(23)28)17(26-27)25-18(29)13-4-5-13/h12-14H,4-10H2,1-3H3,(H2,23,28)(H,24,30)(H,25,26,29). The lowest BCUT2D eigenvalue weighted by molar-refractivity contribution is -0.117. The molecule has 1 heterocycles. The molecule has 0 saturated heterocycles. The fourth-order valence-electron chi connectivity index (χ4n) is 3.86. The Morgan fingerprint density at radius 2 is 1.94 bits per heavy atom. The zero-order chi connectivity index (χ0) is 22.8. The number of aromatic nitrogens is 2. The van der Waals surface area contributed by atoms with Gasteiger partial charge in [0.2, 0.25) is 5.91 Å². The summed E-state index contributed by atoms with van der Waals surface area (Å²) >= 11 is 0. The summed E-state index contributed by atoms with van der Waals surface area (Å²) in [7, 11) is 0. The third-order valence-corrected chi connectivity index (χ3v) is 5.70. The van der Waals surface area contributed by atoms with Crippen LogP contribution in [0.1, 0.15) is 76.1 Å². The molecule has 10 heteroatoms. The van der Waals surface area contributed by atoms with E-state index in [0.717, 1.165) is 12.8 Å². The molecule has 0 atom stereocenters. The second-order valence-corrected chi connectivity index (χ2v) is 9.44. The molecule has 3 rings (SSSR count). The topological polar surface area (TPSA) is 152 Å².